The molecule has 0 spiro atoms. The van der Waals surface area contributed by atoms with Crippen LogP contribution in [0.25, 0.3) is 0 Å². The van der Waals surface area contributed by atoms with Gasteiger partial charge in [0, 0.05) is 55.6 Å². The van der Waals surface area contributed by atoms with E-state index in [1.807, 2.05) is 13.8 Å². The molecule has 170 valence electrons. The lowest BCUT2D eigenvalue weighted by Crippen LogP contribution is -2.59. The molecule has 8 N–H and O–H groups in total. The van der Waals surface area contributed by atoms with Gasteiger partial charge >= 0.3 is 5.91 Å². The van der Waals surface area contributed by atoms with E-state index in [-0.39, 0.29) is 11.1 Å². The maximum atomic E-state index is 12.2. The summed E-state index contributed by atoms with van der Waals surface area (Å²) in [5.74, 6) is 1.12. The second-order valence-corrected chi connectivity index (χ2v) is 11.7. The van der Waals surface area contributed by atoms with Crippen molar-refractivity contribution in [3.05, 3.63) is 23.7 Å². The second kappa shape index (κ2) is 12.6. The highest BCUT2D eigenvalue weighted by Gasteiger charge is 2.30. The standard InChI is InChI=1S/C19H36N2O6S2/c1-18(2,14(12-22)16(20)24)6-10-28(26)8-5-9-29(27)11-7-19(3,4)15(13-23)17(21)25/h12-13,16,22-24H,5-11,20H2,1-4H3,(H2,21,25)/p+1/b14-12+,15-13+. The minimum Gasteiger partial charge on any atom is -0.515 e. The third-order valence-electron chi connectivity index (χ3n) is 5.05. The van der Waals surface area contributed by atoms with Gasteiger partial charge in [-0.25, -0.2) is 4.79 Å². The van der Waals surface area contributed by atoms with E-state index in [0.29, 0.717) is 42.3 Å². The molecule has 0 aromatic heterocycles. The number of carbonyl (C=O) groups excluding carboxylic acids is 1. The van der Waals surface area contributed by atoms with Crippen molar-refractivity contribution in [1.82, 2.24) is 0 Å². The van der Waals surface area contributed by atoms with E-state index >= 15 is 0 Å². The molecule has 0 saturated carbocycles. The van der Waals surface area contributed by atoms with Gasteiger partial charge in [0.15, 0.2) is 0 Å². The predicted octanol–water partition coefficient (Wildman–Crippen LogP) is 0.636. The number of carbonyl (C=O) groups is 1. The minimum atomic E-state index is -1.27. The summed E-state index contributed by atoms with van der Waals surface area (Å²) in [6.07, 6.45) is 1.78. The molecule has 0 aliphatic rings. The molecule has 0 fully saturated rings. The Labute approximate surface area is 178 Å². The number of aliphatic hydroxyl groups excluding tert-OH is 3. The molecule has 0 aliphatic carbocycles. The second-order valence-electron chi connectivity index (χ2n) is 8.31. The minimum absolute atomic E-state index is 0.206. The van der Waals surface area contributed by atoms with Gasteiger partial charge in [0.1, 0.15) is 6.23 Å². The van der Waals surface area contributed by atoms with Crippen molar-refractivity contribution in [1.29, 1.82) is 0 Å². The van der Waals surface area contributed by atoms with Crippen LogP contribution in [0, 0.1) is 10.8 Å². The third-order valence-corrected chi connectivity index (χ3v) is 7.86. The Balaban J connectivity index is 4.38. The lowest BCUT2D eigenvalue weighted by Gasteiger charge is -2.28. The van der Waals surface area contributed by atoms with Crippen LogP contribution in [0.5, 0.6) is 0 Å². The molecule has 8 nitrogen and oxygen atoms in total. The Kier molecular flexibility index (Phi) is 12.1. The molecule has 0 aromatic rings. The van der Waals surface area contributed by atoms with Crippen LogP contribution < -0.4 is 11.5 Å². The fourth-order valence-corrected chi connectivity index (χ4v) is 5.88. The van der Waals surface area contributed by atoms with Crippen molar-refractivity contribution < 1.29 is 34.3 Å². The third kappa shape index (κ3) is 9.99. The molecule has 0 heterocycles. The van der Waals surface area contributed by atoms with E-state index in [0.717, 1.165) is 12.5 Å². The predicted molar refractivity (Wildman–Crippen MR) is 117 cm³/mol. The number of quaternary nitrogens is 1. The van der Waals surface area contributed by atoms with Crippen molar-refractivity contribution in [3.8, 4) is 0 Å². The highest BCUT2D eigenvalue weighted by Crippen LogP contribution is 2.31. The van der Waals surface area contributed by atoms with Crippen LogP contribution in [0.1, 0.15) is 47.0 Å². The first-order valence-electron chi connectivity index (χ1n) is 9.48. The summed E-state index contributed by atoms with van der Waals surface area (Å²) in [4.78, 5) is 11.5. The van der Waals surface area contributed by atoms with Gasteiger partial charge in [0.25, 0.3) is 0 Å². The molecule has 0 aliphatic heterocycles. The molecule has 3 unspecified atom stereocenters. The van der Waals surface area contributed by atoms with Gasteiger partial charge in [-0.2, -0.15) is 0 Å². The summed E-state index contributed by atoms with van der Waals surface area (Å²) in [5.41, 5.74) is 8.04. The van der Waals surface area contributed by atoms with E-state index < -0.39 is 44.6 Å². The van der Waals surface area contributed by atoms with Gasteiger partial charge in [-0.3, -0.25) is 14.2 Å². The monoisotopic (exact) mass is 453 g/mol. The van der Waals surface area contributed by atoms with Gasteiger partial charge in [-0.1, -0.05) is 27.7 Å². The number of hydrogen-bond acceptors (Lipinski definition) is 7. The zero-order chi connectivity index (χ0) is 22.8. The molecule has 3 atom stereocenters. The smallest absolute Gasteiger partial charge is 0.340 e. The van der Waals surface area contributed by atoms with E-state index in [2.05, 4.69) is 5.73 Å². The zero-order valence-electron chi connectivity index (χ0n) is 17.8. The van der Waals surface area contributed by atoms with E-state index in [9.17, 15) is 28.5 Å². The van der Waals surface area contributed by atoms with Gasteiger partial charge < -0.3 is 21.1 Å². The average molecular weight is 454 g/mol. The molecular formula is C19H37N2O6S2+. The Morgan fingerprint density at radius 3 is 1.76 bits per heavy atom. The van der Waals surface area contributed by atoms with Crippen LogP contribution in [0.15, 0.2) is 23.7 Å². The van der Waals surface area contributed by atoms with Crippen molar-refractivity contribution in [2.24, 2.45) is 16.6 Å². The van der Waals surface area contributed by atoms with Crippen molar-refractivity contribution in [3.63, 3.8) is 0 Å². The van der Waals surface area contributed by atoms with Crippen LogP contribution >= 0.6 is 0 Å². The van der Waals surface area contributed by atoms with Gasteiger partial charge in [0.05, 0.1) is 18.1 Å². The maximum Gasteiger partial charge on any atom is 0.340 e. The fourth-order valence-electron chi connectivity index (χ4n) is 2.88. The van der Waals surface area contributed by atoms with Gasteiger partial charge in [-0.15, -0.1) is 0 Å². The molecule has 0 radical (unpaired) electrons. The number of rotatable bonds is 14. The molecule has 10 heteroatoms. The maximum absolute atomic E-state index is 12.2. The van der Waals surface area contributed by atoms with Crippen molar-refractivity contribution >= 4 is 27.5 Å². The Hall–Kier alpha value is -1.07. The summed E-state index contributed by atoms with van der Waals surface area (Å²) in [7, 11) is -2.23. The van der Waals surface area contributed by atoms with Crippen molar-refractivity contribution in [2.75, 3.05) is 23.0 Å². The van der Waals surface area contributed by atoms with Crippen LogP contribution in [-0.2, 0) is 26.4 Å². The van der Waals surface area contributed by atoms with E-state index in [1.165, 1.54) is 0 Å². The SMILES string of the molecule is CC(C)(CCS(=O)CCCS(=O)CCC(C)(C)/C(=C/O)C(N)O)/C(=C/O)C([NH3+])=O. The molecule has 1 amide bonds. The number of amides is 1. The lowest BCUT2D eigenvalue weighted by molar-refractivity contribution is -0.300. The van der Waals surface area contributed by atoms with Crippen LogP contribution in [-0.4, -0.2) is 58.9 Å². The Morgan fingerprint density at radius 2 is 1.41 bits per heavy atom. The van der Waals surface area contributed by atoms with Crippen LogP contribution in [0.2, 0.25) is 0 Å². The number of hydrogen-bond donors (Lipinski definition) is 5. The molecule has 0 aromatic carbocycles. The molecule has 0 saturated heterocycles. The summed E-state index contributed by atoms with van der Waals surface area (Å²) in [6.45, 7) is 7.20. The molecule has 0 bridgehead atoms. The Morgan fingerprint density at radius 1 is 0.966 bits per heavy atom. The highest BCUT2D eigenvalue weighted by molar-refractivity contribution is 7.85. The lowest BCUT2D eigenvalue weighted by atomic mass is 9.81. The Bertz CT molecular complexity index is 657. The normalized spacial score (nSPS) is 17.1. The summed E-state index contributed by atoms with van der Waals surface area (Å²) in [6, 6.07) is 0. The first-order chi connectivity index (χ1) is 13.3. The van der Waals surface area contributed by atoms with Crippen LogP contribution in [0.4, 0.5) is 0 Å². The van der Waals surface area contributed by atoms with E-state index in [1.54, 1.807) is 13.8 Å². The quantitative estimate of drug-likeness (QED) is 0.146. The molecule has 29 heavy (non-hydrogen) atoms. The fraction of sp³-hybridized carbons (Fsp3) is 0.737. The van der Waals surface area contributed by atoms with Gasteiger partial charge in [0.2, 0.25) is 0 Å². The van der Waals surface area contributed by atoms with Crippen molar-refractivity contribution in [2.45, 2.75) is 53.2 Å². The van der Waals surface area contributed by atoms with E-state index in [4.69, 9.17) is 5.73 Å². The first kappa shape index (κ1) is 27.9. The summed E-state index contributed by atoms with van der Waals surface area (Å²) >= 11 is 0. The zero-order valence-corrected chi connectivity index (χ0v) is 19.5. The number of nitrogens with two attached hydrogens (primary N) is 1. The highest BCUT2D eigenvalue weighted by atomic mass is 32.2. The van der Waals surface area contributed by atoms with Crippen LogP contribution in [0.3, 0.4) is 0 Å². The number of aliphatic hydroxyl groups is 3. The first-order valence-corrected chi connectivity index (χ1v) is 12.5. The average Bonchev–Trinajstić information content (AvgIpc) is 2.58. The molecule has 0 rings (SSSR count). The largest absolute Gasteiger partial charge is 0.515 e. The summed E-state index contributed by atoms with van der Waals surface area (Å²) < 4.78 is 24.5. The topological polar surface area (TPSA) is 166 Å². The summed E-state index contributed by atoms with van der Waals surface area (Å²) in [5, 5.41) is 28.0. The molecular weight excluding hydrogens is 416 g/mol. The van der Waals surface area contributed by atoms with Gasteiger partial charge in [-0.05, 0) is 24.7 Å².